The molecule has 2 rings (SSSR count). The smallest absolute Gasteiger partial charge is 0.373 e. The highest BCUT2D eigenvalue weighted by Gasteiger charge is 2.26. The lowest BCUT2D eigenvalue weighted by Crippen LogP contribution is -2.04. The molecule has 0 aliphatic heterocycles. The van der Waals surface area contributed by atoms with Gasteiger partial charge in [-0.1, -0.05) is 0 Å². The number of methoxy groups -OCH3 is 1. The molecular formula is C9H9ClN6O3. The number of anilines is 2. The van der Waals surface area contributed by atoms with Crippen molar-refractivity contribution in [3.8, 4) is 5.88 Å². The van der Waals surface area contributed by atoms with Crippen LogP contribution >= 0.6 is 11.6 Å². The van der Waals surface area contributed by atoms with Crippen LogP contribution in [0.2, 0.25) is 5.28 Å². The van der Waals surface area contributed by atoms with Gasteiger partial charge in [0.1, 0.15) is 0 Å². The number of halogens is 1. The molecule has 100 valence electrons. The topological polar surface area (TPSA) is 119 Å². The molecule has 0 aromatic carbocycles. The minimum absolute atomic E-state index is 0.0895. The molecule has 0 saturated heterocycles. The average Bonchev–Trinajstić information content (AvgIpc) is 2.73. The Hall–Kier alpha value is -2.42. The van der Waals surface area contributed by atoms with Gasteiger partial charge in [-0.05, 0) is 18.5 Å². The van der Waals surface area contributed by atoms with E-state index in [4.69, 9.17) is 16.3 Å². The molecule has 10 heteroatoms. The molecule has 2 heterocycles. The molecule has 9 nitrogen and oxygen atoms in total. The summed E-state index contributed by atoms with van der Waals surface area (Å²) in [4.78, 5) is 17.8. The van der Waals surface area contributed by atoms with Crippen LogP contribution in [0.15, 0.2) is 6.07 Å². The maximum absolute atomic E-state index is 11.0. The second-order valence-electron chi connectivity index (χ2n) is 3.52. The predicted octanol–water partition coefficient (Wildman–Crippen LogP) is 1.82. The summed E-state index contributed by atoms with van der Waals surface area (Å²) in [5.74, 6) is 0.0607. The fourth-order valence-electron chi connectivity index (χ4n) is 1.41. The Balaban J connectivity index is 2.48. The summed E-state index contributed by atoms with van der Waals surface area (Å²) in [6.45, 7) is 1.79. The number of rotatable bonds is 4. The van der Waals surface area contributed by atoms with E-state index in [2.05, 4.69) is 25.5 Å². The molecule has 0 fully saturated rings. The van der Waals surface area contributed by atoms with Crippen molar-refractivity contribution in [2.24, 2.45) is 0 Å². The Morgan fingerprint density at radius 2 is 2.26 bits per heavy atom. The van der Waals surface area contributed by atoms with Crippen LogP contribution in [0.25, 0.3) is 0 Å². The number of hydrogen-bond acceptors (Lipinski definition) is 7. The summed E-state index contributed by atoms with van der Waals surface area (Å²) in [5, 5.41) is 20.1. The van der Waals surface area contributed by atoms with Crippen LogP contribution in [0.4, 0.5) is 17.3 Å². The Morgan fingerprint density at radius 3 is 2.79 bits per heavy atom. The largest absolute Gasteiger partial charge is 0.476 e. The van der Waals surface area contributed by atoms with E-state index in [0.29, 0.717) is 5.82 Å². The van der Waals surface area contributed by atoms with Crippen molar-refractivity contribution in [3.05, 3.63) is 27.2 Å². The van der Waals surface area contributed by atoms with E-state index in [1.807, 2.05) is 0 Å². The lowest BCUT2D eigenvalue weighted by atomic mass is 10.4. The summed E-state index contributed by atoms with van der Waals surface area (Å²) >= 11 is 5.68. The molecule has 0 aliphatic carbocycles. The van der Waals surface area contributed by atoms with Crippen LogP contribution < -0.4 is 10.1 Å². The van der Waals surface area contributed by atoms with Crippen LogP contribution in [0.1, 0.15) is 5.69 Å². The van der Waals surface area contributed by atoms with E-state index in [-0.39, 0.29) is 17.0 Å². The molecule has 2 aromatic heterocycles. The first-order chi connectivity index (χ1) is 9.01. The van der Waals surface area contributed by atoms with E-state index < -0.39 is 10.6 Å². The van der Waals surface area contributed by atoms with E-state index in [0.717, 1.165) is 5.69 Å². The first-order valence-corrected chi connectivity index (χ1v) is 5.44. The normalized spacial score (nSPS) is 10.3. The van der Waals surface area contributed by atoms with Gasteiger partial charge in [-0.15, -0.1) is 0 Å². The number of nitrogens with one attached hydrogen (secondary N) is 2. The second-order valence-corrected chi connectivity index (χ2v) is 3.86. The van der Waals surface area contributed by atoms with Crippen molar-refractivity contribution in [3.63, 3.8) is 0 Å². The molecule has 0 unspecified atom stereocenters. The van der Waals surface area contributed by atoms with Gasteiger partial charge in [0.05, 0.1) is 12.0 Å². The van der Waals surface area contributed by atoms with E-state index in [1.54, 1.807) is 13.0 Å². The van der Waals surface area contributed by atoms with Crippen LogP contribution in [-0.4, -0.2) is 32.2 Å². The molecule has 0 spiro atoms. The van der Waals surface area contributed by atoms with Gasteiger partial charge in [0, 0.05) is 11.8 Å². The third kappa shape index (κ3) is 2.71. The maximum Gasteiger partial charge on any atom is 0.373 e. The van der Waals surface area contributed by atoms with Gasteiger partial charge in [-0.3, -0.25) is 15.2 Å². The minimum Gasteiger partial charge on any atom is -0.476 e. The third-order valence-electron chi connectivity index (χ3n) is 2.15. The molecule has 0 bridgehead atoms. The molecule has 0 amide bonds. The van der Waals surface area contributed by atoms with E-state index >= 15 is 0 Å². The summed E-state index contributed by atoms with van der Waals surface area (Å²) in [7, 11) is 1.26. The summed E-state index contributed by atoms with van der Waals surface area (Å²) < 4.78 is 4.83. The van der Waals surface area contributed by atoms with Crippen LogP contribution in [-0.2, 0) is 0 Å². The number of nitrogens with zero attached hydrogens (tertiary/aromatic N) is 4. The van der Waals surface area contributed by atoms with Gasteiger partial charge >= 0.3 is 11.6 Å². The lowest BCUT2D eigenvalue weighted by molar-refractivity contribution is -0.385. The summed E-state index contributed by atoms with van der Waals surface area (Å²) in [5.41, 5.74) is 0.379. The van der Waals surface area contributed by atoms with Crippen molar-refractivity contribution < 1.29 is 9.66 Å². The number of nitro groups is 1. The maximum atomic E-state index is 11.0. The molecular weight excluding hydrogens is 276 g/mol. The number of hydrogen-bond donors (Lipinski definition) is 2. The SMILES string of the molecule is COc1nc(Cl)nc(Nc2cc(C)[nH]n2)c1[N+](=O)[O-]. The number of aryl methyl sites for hydroxylation is 1. The number of aromatic nitrogens is 4. The van der Waals surface area contributed by atoms with Gasteiger partial charge in [-0.2, -0.15) is 15.1 Å². The first kappa shape index (κ1) is 13.0. The van der Waals surface area contributed by atoms with Crippen LogP contribution in [0.3, 0.4) is 0 Å². The average molecular weight is 285 g/mol. The highest BCUT2D eigenvalue weighted by Crippen LogP contribution is 2.34. The van der Waals surface area contributed by atoms with Gasteiger partial charge < -0.3 is 10.1 Å². The zero-order valence-electron chi connectivity index (χ0n) is 9.97. The molecule has 0 radical (unpaired) electrons. The Morgan fingerprint density at radius 1 is 1.53 bits per heavy atom. The molecule has 0 atom stereocenters. The van der Waals surface area contributed by atoms with Gasteiger partial charge in [0.15, 0.2) is 5.82 Å². The van der Waals surface area contributed by atoms with Crippen molar-refractivity contribution in [2.45, 2.75) is 6.92 Å². The van der Waals surface area contributed by atoms with E-state index in [9.17, 15) is 10.1 Å². The predicted molar refractivity (Wildman–Crippen MR) is 66.9 cm³/mol. The minimum atomic E-state index is -0.656. The number of ether oxygens (including phenoxy) is 1. The van der Waals surface area contributed by atoms with Gasteiger partial charge in [0.2, 0.25) is 11.1 Å². The van der Waals surface area contributed by atoms with E-state index in [1.165, 1.54) is 7.11 Å². The van der Waals surface area contributed by atoms with Crippen LogP contribution in [0.5, 0.6) is 5.88 Å². The molecule has 19 heavy (non-hydrogen) atoms. The summed E-state index contributed by atoms with van der Waals surface area (Å²) in [6.07, 6.45) is 0. The molecule has 0 saturated carbocycles. The standard InChI is InChI=1S/C9H9ClN6O3/c1-4-3-5(15-14-4)11-7-6(16(17)18)8(19-2)13-9(10)12-7/h3H,1-2H3,(H2,11,12,13,14,15). The van der Waals surface area contributed by atoms with Crippen molar-refractivity contribution >= 4 is 28.9 Å². The lowest BCUT2D eigenvalue weighted by Gasteiger charge is -2.06. The van der Waals surface area contributed by atoms with Crippen molar-refractivity contribution in [1.82, 2.24) is 20.2 Å². The molecule has 0 aliphatic rings. The highest BCUT2D eigenvalue weighted by molar-refractivity contribution is 6.28. The zero-order valence-corrected chi connectivity index (χ0v) is 10.7. The van der Waals surface area contributed by atoms with Gasteiger partial charge in [-0.25, -0.2) is 0 Å². The number of H-pyrrole nitrogens is 1. The molecule has 2 N–H and O–H groups in total. The van der Waals surface area contributed by atoms with Crippen molar-refractivity contribution in [1.29, 1.82) is 0 Å². The first-order valence-electron chi connectivity index (χ1n) is 5.06. The quantitative estimate of drug-likeness (QED) is 0.499. The Kier molecular flexibility index (Phi) is 3.47. The summed E-state index contributed by atoms with van der Waals surface area (Å²) in [6, 6.07) is 1.66. The van der Waals surface area contributed by atoms with Crippen molar-refractivity contribution in [2.75, 3.05) is 12.4 Å². The second kappa shape index (κ2) is 5.06. The fourth-order valence-corrected chi connectivity index (χ4v) is 1.57. The van der Waals surface area contributed by atoms with Gasteiger partial charge in [0.25, 0.3) is 0 Å². The third-order valence-corrected chi connectivity index (χ3v) is 2.32. The number of aromatic amines is 1. The monoisotopic (exact) mass is 284 g/mol. The zero-order chi connectivity index (χ0) is 14.0. The van der Waals surface area contributed by atoms with Crippen LogP contribution in [0, 0.1) is 17.0 Å². The highest BCUT2D eigenvalue weighted by atomic mass is 35.5. The Bertz CT molecular complexity index is 628. The Labute approximate surface area is 112 Å². The molecule has 2 aromatic rings. The fraction of sp³-hybridized carbons (Fsp3) is 0.222.